The van der Waals surface area contributed by atoms with E-state index in [4.69, 9.17) is 4.42 Å². The first-order chi connectivity index (χ1) is 8.81. The average Bonchev–Trinajstić information content (AvgIpc) is 2.89. The lowest BCUT2D eigenvalue weighted by molar-refractivity contribution is 0.390. The molecule has 2 atom stereocenters. The Morgan fingerprint density at radius 2 is 1.94 bits per heavy atom. The van der Waals surface area contributed by atoms with Crippen molar-refractivity contribution >= 4 is 0 Å². The van der Waals surface area contributed by atoms with Crippen LogP contribution in [-0.2, 0) is 6.42 Å². The van der Waals surface area contributed by atoms with Crippen LogP contribution >= 0.6 is 0 Å². The highest BCUT2D eigenvalue weighted by Gasteiger charge is 2.18. The van der Waals surface area contributed by atoms with E-state index in [1.54, 1.807) is 6.26 Å². The molecule has 96 valence electrons. The van der Waals surface area contributed by atoms with Gasteiger partial charge in [0.15, 0.2) is 0 Å². The molecule has 2 nitrogen and oxygen atoms in total. The van der Waals surface area contributed by atoms with E-state index in [1.807, 2.05) is 12.3 Å². The number of rotatable bonds is 6. The minimum absolute atomic E-state index is 0.395. The molecule has 0 amide bonds. The fourth-order valence-corrected chi connectivity index (χ4v) is 2.43. The van der Waals surface area contributed by atoms with Crippen molar-refractivity contribution in [1.82, 2.24) is 5.32 Å². The number of furan rings is 1. The van der Waals surface area contributed by atoms with Crippen molar-refractivity contribution in [3.8, 4) is 0 Å². The zero-order valence-electron chi connectivity index (χ0n) is 11.1. The fraction of sp³-hybridized carbons (Fsp3) is 0.375. The predicted molar refractivity (Wildman–Crippen MR) is 74.4 cm³/mol. The first-order valence-electron chi connectivity index (χ1n) is 6.60. The van der Waals surface area contributed by atoms with Gasteiger partial charge in [-0.15, -0.1) is 0 Å². The molecule has 1 N–H and O–H groups in total. The predicted octanol–water partition coefficient (Wildman–Crippen LogP) is 3.81. The molecule has 1 aromatic heterocycles. The van der Waals surface area contributed by atoms with Gasteiger partial charge >= 0.3 is 0 Å². The monoisotopic (exact) mass is 243 g/mol. The van der Waals surface area contributed by atoms with Gasteiger partial charge in [-0.3, -0.25) is 0 Å². The molecule has 1 aromatic carbocycles. The van der Waals surface area contributed by atoms with Crippen LogP contribution in [0.25, 0.3) is 0 Å². The second-order valence-electron chi connectivity index (χ2n) is 4.76. The molecular weight excluding hydrogens is 222 g/mol. The van der Waals surface area contributed by atoms with Crippen molar-refractivity contribution in [1.29, 1.82) is 0 Å². The Kier molecular flexibility index (Phi) is 4.59. The van der Waals surface area contributed by atoms with E-state index in [-0.39, 0.29) is 0 Å². The lowest BCUT2D eigenvalue weighted by atomic mass is 9.90. The Morgan fingerprint density at radius 3 is 2.56 bits per heavy atom. The van der Waals surface area contributed by atoms with E-state index < -0.39 is 0 Å². The molecule has 0 radical (unpaired) electrons. The Morgan fingerprint density at radius 1 is 1.17 bits per heavy atom. The highest BCUT2D eigenvalue weighted by Crippen LogP contribution is 2.25. The summed E-state index contributed by atoms with van der Waals surface area (Å²) in [5.74, 6) is 0.532. The van der Waals surface area contributed by atoms with Crippen LogP contribution in [0.4, 0.5) is 0 Å². The summed E-state index contributed by atoms with van der Waals surface area (Å²) in [5.41, 5.74) is 2.62. The minimum atomic E-state index is 0.395. The summed E-state index contributed by atoms with van der Waals surface area (Å²) in [6.45, 7) is 5.42. The average molecular weight is 243 g/mol. The second kappa shape index (κ2) is 6.41. The molecule has 0 spiro atoms. The molecule has 0 bridgehead atoms. The summed E-state index contributed by atoms with van der Waals surface area (Å²) in [4.78, 5) is 0. The molecule has 0 aliphatic heterocycles. The molecule has 2 aromatic rings. The Hall–Kier alpha value is -1.54. The van der Waals surface area contributed by atoms with Crippen molar-refractivity contribution in [2.45, 2.75) is 26.3 Å². The van der Waals surface area contributed by atoms with Crippen LogP contribution < -0.4 is 5.32 Å². The maximum Gasteiger partial charge on any atom is 0.0934 e. The van der Waals surface area contributed by atoms with E-state index in [0.29, 0.717) is 12.0 Å². The highest BCUT2D eigenvalue weighted by molar-refractivity contribution is 5.20. The van der Waals surface area contributed by atoms with Gasteiger partial charge in [0.2, 0.25) is 0 Å². The zero-order valence-corrected chi connectivity index (χ0v) is 11.1. The van der Waals surface area contributed by atoms with Gasteiger partial charge in [0.1, 0.15) is 0 Å². The van der Waals surface area contributed by atoms with E-state index in [1.165, 1.54) is 11.1 Å². The molecule has 18 heavy (non-hydrogen) atoms. The first-order valence-corrected chi connectivity index (χ1v) is 6.60. The van der Waals surface area contributed by atoms with Gasteiger partial charge in [-0.05, 0) is 36.1 Å². The molecule has 0 saturated heterocycles. The van der Waals surface area contributed by atoms with Crippen LogP contribution in [0.5, 0.6) is 0 Å². The van der Waals surface area contributed by atoms with E-state index >= 15 is 0 Å². The lowest BCUT2D eigenvalue weighted by Gasteiger charge is -2.25. The summed E-state index contributed by atoms with van der Waals surface area (Å²) in [7, 11) is 0. The highest BCUT2D eigenvalue weighted by atomic mass is 16.3. The fourth-order valence-electron chi connectivity index (χ4n) is 2.43. The minimum Gasteiger partial charge on any atom is -0.472 e. The van der Waals surface area contributed by atoms with Crippen LogP contribution in [0.15, 0.2) is 53.3 Å². The summed E-state index contributed by atoms with van der Waals surface area (Å²) in [6, 6.07) is 13.1. The normalized spacial score (nSPS) is 14.3. The zero-order chi connectivity index (χ0) is 12.8. The quantitative estimate of drug-likeness (QED) is 0.834. The van der Waals surface area contributed by atoms with E-state index in [9.17, 15) is 0 Å². The molecule has 0 saturated carbocycles. The number of benzene rings is 1. The third-order valence-electron chi connectivity index (χ3n) is 3.29. The first kappa shape index (κ1) is 12.9. The number of nitrogens with one attached hydrogen (secondary N) is 1. The van der Waals surface area contributed by atoms with Crippen LogP contribution in [0, 0.1) is 5.92 Å². The molecule has 0 aliphatic carbocycles. The lowest BCUT2D eigenvalue weighted by Crippen LogP contribution is -2.27. The molecule has 2 unspecified atom stereocenters. The molecule has 2 rings (SSSR count). The summed E-state index contributed by atoms with van der Waals surface area (Å²) < 4.78 is 5.14. The largest absolute Gasteiger partial charge is 0.472 e. The third-order valence-corrected chi connectivity index (χ3v) is 3.29. The Balaban J connectivity index is 2.09. The molecule has 2 heteroatoms. The van der Waals surface area contributed by atoms with Crippen molar-refractivity contribution in [2.75, 3.05) is 6.54 Å². The third kappa shape index (κ3) is 3.23. The van der Waals surface area contributed by atoms with Crippen LogP contribution in [0.3, 0.4) is 0 Å². The molecule has 0 fully saturated rings. The van der Waals surface area contributed by atoms with Crippen molar-refractivity contribution < 1.29 is 4.42 Å². The van der Waals surface area contributed by atoms with Gasteiger partial charge in [-0.25, -0.2) is 0 Å². The van der Waals surface area contributed by atoms with Crippen LogP contribution in [0.2, 0.25) is 0 Å². The Bertz CT molecular complexity index is 435. The maximum atomic E-state index is 5.14. The Labute approximate surface area is 109 Å². The van der Waals surface area contributed by atoms with Gasteiger partial charge < -0.3 is 9.73 Å². The van der Waals surface area contributed by atoms with E-state index in [2.05, 4.69) is 49.5 Å². The standard InChI is InChI=1S/C16H21NO/c1-3-17-16(15-7-5-4-6-8-15)13(2)11-14-9-10-18-12-14/h4-10,12-13,16-17H,3,11H2,1-2H3. The van der Waals surface area contributed by atoms with Crippen LogP contribution in [0.1, 0.15) is 31.0 Å². The molecular formula is C16H21NO. The summed E-state index contributed by atoms with van der Waals surface area (Å²) >= 11 is 0. The summed E-state index contributed by atoms with van der Waals surface area (Å²) in [6.07, 6.45) is 4.61. The van der Waals surface area contributed by atoms with Gasteiger partial charge in [0.05, 0.1) is 12.5 Å². The van der Waals surface area contributed by atoms with Gasteiger partial charge in [0.25, 0.3) is 0 Å². The topological polar surface area (TPSA) is 25.2 Å². The van der Waals surface area contributed by atoms with Gasteiger partial charge in [-0.2, -0.15) is 0 Å². The van der Waals surface area contributed by atoms with Crippen LogP contribution in [-0.4, -0.2) is 6.54 Å². The summed E-state index contributed by atoms with van der Waals surface area (Å²) in [5, 5.41) is 3.58. The van der Waals surface area contributed by atoms with E-state index in [0.717, 1.165) is 13.0 Å². The number of hydrogen-bond acceptors (Lipinski definition) is 2. The second-order valence-corrected chi connectivity index (χ2v) is 4.76. The van der Waals surface area contributed by atoms with Crippen molar-refractivity contribution in [2.24, 2.45) is 5.92 Å². The smallest absolute Gasteiger partial charge is 0.0934 e. The number of hydrogen-bond donors (Lipinski definition) is 1. The SMILES string of the molecule is CCNC(c1ccccc1)C(C)Cc1ccoc1. The maximum absolute atomic E-state index is 5.14. The van der Waals surface area contributed by atoms with Gasteiger partial charge in [-0.1, -0.05) is 44.2 Å². The van der Waals surface area contributed by atoms with Gasteiger partial charge in [0, 0.05) is 6.04 Å². The van der Waals surface area contributed by atoms with Crippen molar-refractivity contribution in [3.05, 3.63) is 60.1 Å². The van der Waals surface area contributed by atoms with Crippen molar-refractivity contribution in [3.63, 3.8) is 0 Å². The molecule has 1 heterocycles. The molecule has 0 aliphatic rings.